The first-order valence-electron chi connectivity index (χ1n) is 5.71. The van der Waals surface area contributed by atoms with Gasteiger partial charge < -0.3 is 10.4 Å². The molecule has 0 bridgehead atoms. The molecule has 5 heteroatoms. The lowest BCUT2D eigenvalue weighted by Gasteiger charge is -2.32. The van der Waals surface area contributed by atoms with E-state index < -0.39 is 0 Å². The Labute approximate surface area is 107 Å². The normalized spacial score (nSPS) is 13.5. The Hall–Kier alpha value is -0.870. The van der Waals surface area contributed by atoms with Crippen LogP contribution in [0.5, 0.6) is 0 Å². The molecule has 1 aromatic rings. The molecule has 1 heterocycles. The highest BCUT2D eigenvalue weighted by molar-refractivity contribution is 6.28. The molecule has 1 unspecified atom stereocenters. The lowest BCUT2D eigenvalue weighted by molar-refractivity contribution is 0.235. The minimum atomic E-state index is 0.0343. The molecule has 1 aromatic heterocycles. The van der Waals surface area contributed by atoms with Crippen molar-refractivity contribution in [3.63, 3.8) is 0 Å². The van der Waals surface area contributed by atoms with Gasteiger partial charge in [-0.15, -0.1) is 0 Å². The highest BCUT2D eigenvalue weighted by Crippen LogP contribution is 2.26. The summed E-state index contributed by atoms with van der Waals surface area (Å²) >= 11 is 5.78. The van der Waals surface area contributed by atoms with E-state index in [2.05, 4.69) is 36.1 Å². The number of halogens is 1. The van der Waals surface area contributed by atoms with Gasteiger partial charge in [-0.2, -0.15) is 0 Å². The lowest BCUT2D eigenvalue weighted by Crippen LogP contribution is -2.35. The summed E-state index contributed by atoms with van der Waals surface area (Å²) in [5.41, 5.74) is 0.980. The number of nitrogens with one attached hydrogen (secondary N) is 1. The predicted octanol–water partition coefficient (Wildman–Crippen LogP) is 2.65. The molecule has 0 fully saturated rings. The second-order valence-corrected chi connectivity index (χ2v) is 5.58. The zero-order valence-corrected chi connectivity index (χ0v) is 11.5. The number of nitrogens with zero attached hydrogens (tertiary/aromatic N) is 2. The summed E-state index contributed by atoms with van der Waals surface area (Å²) in [4.78, 5) is 8.09. The van der Waals surface area contributed by atoms with E-state index in [1.54, 1.807) is 6.20 Å². The number of aryl methyl sites for hydroxylation is 1. The van der Waals surface area contributed by atoms with Crippen LogP contribution in [0.1, 0.15) is 32.8 Å². The molecule has 0 aliphatic heterocycles. The van der Waals surface area contributed by atoms with Gasteiger partial charge in [-0.3, -0.25) is 0 Å². The SMILES string of the molecule is Cc1cnc(Cl)nc1NC(CCO)C(C)(C)C. The third-order valence-corrected chi connectivity index (χ3v) is 2.90. The zero-order valence-electron chi connectivity index (χ0n) is 10.8. The standard InChI is InChI=1S/C12H20ClN3O/c1-8-7-14-11(13)16-10(8)15-9(5-6-17)12(2,3)4/h7,9,17H,5-6H2,1-4H3,(H,14,15,16). The van der Waals surface area contributed by atoms with Crippen LogP contribution >= 0.6 is 11.6 Å². The van der Waals surface area contributed by atoms with Crippen LogP contribution in [0, 0.1) is 12.3 Å². The van der Waals surface area contributed by atoms with Gasteiger partial charge in [0.2, 0.25) is 5.28 Å². The number of aromatic nitrogens is 2. The van der Waals surface area contributed by atoms with Crippen molar-refractivity contribution in [3.05, 3.63) is 17.0 Å². The van der Waals surface area contributed by atoms with Crippen LogP contribution in [0.3, 0.4) is 0 Å². The van der Waals surface area contributed by atoms with Crippen molar-refractivity contribution in [3.8, 4) is 0 Å². The van der Waals surface area contributed by atoms with Gasteiger partial charge >= 0.3 is 0 Å². The van der Waals surface area contributed by atoms with Gasteiger partial charge in [-0.25, -0.2) is 9.97 Å². The summed E-state index contributed by atoms with van der Waals surface area (Å²) in [7, 11) is 0. The zero-order chi connectivity index (χ0) is 13.1. The van der Waals surface area contributed by atoms with E-state index in [4.69, 9.17) is 16.7 Å². The molecular formula is C12H20ClN3O. The lowest BCUT2D eigenvalue weighted by atomic mass is 9.85. The van der Waals surface area contributed by atoms with Gasteiger partial charge in [-0.05, 0) is 30.4 Å². The monoisotopic (exact) mass is 257 g/mol. The fraction of sp³-hybridized carbons (Fsp3) is 0.667. The van der Waals surface area contributed by atoms with E-state index >= 15 is 0 Å². The Bertz CT molecular complexity index is 377. The molecule has 0 amide bonds. The fourth-order valence-corrected chi connectivity index (χ4v) is 1.72. The van der Waals surface area contributed by atoms with Gasteiger partial charge in [0.1, 0.15) is 5.82 Å². The number of aliphatic hydroxyl groups excluding tert-OH is 1. The molecule has 2 N–H and O–H groups in total. The number of hydrogen-bond donors (Lipinski definition) is 2. The van der Waals surface area contributed by atoms with Crippen molar-refractivity contribution in [2.75, 3.05) is 11.9 Å². The molecule has 0 radical (unpaired) electrons. The first-order chi connectivity index (χ1) is 7.84. The van der Waals surface area contributed by atoms with Gasteiger partial charge in [0.25, 0.3) is 0 Å². The summed E-state index contributed by atoms with van der Waals surface area (Å²) in [5.74, 6) is 0.735. The topological polar surface area (TPSA) is 58.0 Å². The second kappa shape index (κ2) is 5.65. The van der Waals surface area contributed by atoms with Crippen LogP contribution in [0.15, 0.2) is 6.20 Å². The third-order valence-electron chi connectivity index (χ3n) is 2.72. The molecular weight excluding hydrogens is 238 g/mol. The molecule has 0 aromatic carbocycles. The van der Waals surface area contributed by atoms with Crippen molar-refractivity contribution in [1.29, 1.82) is 0 Å². The Morgan fingerprint density at radius 1 is 1.47 bits per heavy atom. The minimum Gasteiger partial charge on any atom is -0.396 e. The van der Waals surface area contributed by atoms with E-state index in [1.165, 1.54) is 0 Å². The van der Waals surface area contributed by atoms with E-state index in [9.17, 15) is 0 Å². The molecule has 17 heavy (non-hydrogen) atoms. The molecule has 0 spiro atoms. The molecule has 4 nitrogen and oxygen atoms in total. The Kier molecular flexibility index (Phi) is 4.71. The molecule has 1 atom stereocenters. The predicted molar refractivity (Wildman–Crippen MR) is 70.3 cm³/mol. The number of aliphatic hydroxyl groups is 1. The van der Waals surface area contributed by atoms with Crippen molar-refractivity contribution in [2.45, 2.75) is 40.2 Å². The van der Waals surface area contributed by atoms with Crippen molar-refractivity contribution in [1.82, 2.24) is 9.97 Å². The molecule has 1 rings (SSSR count). The van der Waals surface area contributed by atoms with Crippen LogP contribution in [0.2, 0.25) is 5.28 Å². The summed E-state index contributed by atoms with van der Waals surface area (Å²) < 4.78 is 0. The average Bonchev–Trinajstić information content (AvgIpc) is 2.21. The van der Waals surface area contributed by atoms with Crippen LogP contribution < -0.4 is 5.32 Å². The van der Waals surface area contributed by atoms with Crippen LogP contribution in [-0.4, -0.2) is 27.7 Å². The highest BCUT2D eigenvalue weighted by atomic mass is 35.5. The molecule has 0 saturated carbocycles. The van der Waals surface area contributed by atoms with Crippen LogP contribution in [0.25, 0.3) is 0 Å². The van der Waals surface area contributed by atoms with Crippen molar-refractivity contribution >= 4 is 17.4 Å². The van der Waals surface area contributed by atoms with E-state index in [-0.39, 0.29) is 23.3 Å². The summed E-state index contributed by atoms with van der Waals surface area (Å²) in [6.07, 6.45) is 2.36. The van der Waals surface area contributed by atoms with Crippen LogP contribution in [-0.2, 0) is 0 Å². The fourth-order valence-electron chi connectivity index (χ4n) is 1.58. The quantitative estimate of drug-likeness (QED) is 0.815. The molecule has 0 aliphatic carbocycles. The van der Waals surface area contributed by atoms with E-state index in [0.29, 0.717) is 6.42 Å². The Balaban J connectivity index is 2.89. The number of anilines is 1. The first kappa shape index (κ1) is 14.2. The van der Waals surface area contributed by atoms with Crippen molar-refractivity contribution in [2.24, 2.45) is 5.41 Å². The smallest absolute Gasteiger partial charge is 0.224 e. The third kappa shape index (κ3) is 4.13. The highest BCUT2D eigenvalue weighted by Gasteiger charge is 2.24. The van der Waals surface area contributed by atoms with E-state index in [0.717, 1.165) is 11.4 Å². The van der Waals surface area contributed by atoms with Gasteiger partial charge in [0.05, 0.1) is 0 Å². The summed E-state index contributed by atoms with van der Waals surface area (Å²) in [6.45, 7) is 8.44. The Morgan fingerprint density at radius 3 is 2.65 bits per heavy atom. The number of hydrogen-bond acceptors (Lipinski definition) is 4. The van der Waals surface area contributed by atoms with E-state index in [1.807, 2.05) is 6.92 Å². The maximum atomic E-state index is 9.10. The van der Waals surface area contributed by atoms with Crippen molar-refractivity contribution < 1.29 is 5.11 Å². The van der Waals surface area contributed by atoms with Gasteiger partial charge in [0.15, 0.2) is 0 Å². The number of rotatable bonds is 4. The maximum Gasteiger partial charge on any atom is 0.224 e. The van der Waals surface area contributed by atoms with Gasteiger partial charge in [-0.1, -0.05) is 20.8 Å². The Morgan fingerprint density at radius 2 is 2.12 bits per heavy atom. The largest absolute Gasteiger partial charge is 0.396 e. The van der Waals surface area contributed by atoms with Crippen LogP contribution in [0.4, 0.5) is 5.82 Å². The summed E-state index contributed by atoms with van der Waals surface area (Å²) in [6, 6.07) is 0.136. The maximum absolute atomic E-state index is 9.10. The average molecular weight is 258 g/mol. The molecule has 0 saturated heterocycles. The van der Waals surface area contributed by atoms with Gasteiger partial charge in [0, 0.05) is 24.4 Å². The minimum absolute atomic E-state index is 0.0343. The first-order valence-corrected chi connectivity index (χ1v) is 6.09. The molecule has 0 aliphatic rings. The summed E-state index contributed by atoms with van der Waals surface area (Å²) in [5, 5.41) is 12.7. The second-order valence-electron chi connectivity index (χ2n) is 5.25. The molecule has 96 valence electrons.